The van der Waals surface area contributed by atoms with E-state index in [1.54, 1.807) is 66.1 Å². The molecule has 0 bridgehead atoms. The van der Waals surface area contributed by atoms with Crippen LogP contribution in [0.2, 0.25) is 0 Å². The molecular weight excluding hydrogens is 436 g/mol. The molecule has 172 valence electrons. The lowest BCUT2D eigenvalue weighted by atomic mass is 10.1. The zero-order valence-electron chi connectivity index (χ0n) is 18.3. The Kier molecular flexibility index (Phi) is 5.92. The Morgan fingerprint density at radius 2 is 1.76 bits per heavy atom. The van der Waals surface area contributed by atoms with Crippen molar-refractivity contribution in [2.24, 2.45) is 0 Å². The van der Waals surface area contributed by atoms with Gasteiger partial charge in [0.25, 0.3) is 17.4 Å². The van der Waals surface area contributed by atoms with E-state index in [-0.39, 0.29) is 28.3 Å². The highest BCUT2D eigenvalue weighted by Crippen LogP contribution is 2.22. The molecule has 0 aliphatic carbocycles. The number of hydrogen-bond acceptors (Lipinski definition) is 6. The normalized spacial score (nSPS) is 13.7. The summed E-state index contributed by atoms with van der Waals surface area (Å²) in [5.74, 6) is -0.687. The van der Waals surface area contributed by atoms with Gasteiger partial charge in [0.1, 0.15) is 5.69 Å². The fourth-order valence-corrected chi connectivity index (χ4v) is 3.90. The van der Waals surface area contributed by atoms with E-state index < -0.39 is 5.91 Å². The molecule has 4 aromatic rings. The first-order chi connectivity index (χ1) is 16.6. The highest BCUT2D eigenvalue weighted by molar-refractivity contribution is 6.02. The van der Waals surface area contributed by atoms with E-state index in [0.717, 1.165) is 10.2 Å². The van der Waals surface area contributed by atoms with Gasteiger partial charge in [-0.05, 0) is 30.3 Å². The smallest absolute Gasteiger partial charge is 0.278 e. The predicted molar refractivity (Wildman–Crippen MR) is 123 cm³/mol. The van der Waals surface area contributed by atoms with Crippen LogP contribution in [0.3, 0.4) is 0 Å². The molecule has 9 nitrogen and oxygen atoms in total. The molecule has 5 rings (SSSR count). The Labute approximate surface area is 194 Å². The van der Waals surface area contributed by atoms with Gasteiger partial charge in [-0.3, -0.25) is 14.4 Å². The van der Waals surface area contributed by atoms with Gasteiger partial charge in [0.15, 0.2) is 0 Å². The molecule has 4 heterocycles. The van der Waals surface area contributed by atoms with Crippen molar-refractivity contribution < 1.29 is 18.7 Å². The van der Waals surface area contributed by atoms with Crippen LogP contribution in [-0.2, 0) is 11.3 Å². The highest BCUT2D eigenvalue weighted by atomic mass is 16.5. The first-order valence-corrected chi connectivity index (χ1v) is 10.9. The lowest BCUT2D eigenvalue weighted by Crippen LogP contribution is -2.40. The number of nitrogens with zero attached hydrogens (tertiary/aromatic N) is 4. The fourth-order valence-electron chi connectivity index (χ4n) is 3.90. The van der Waals surface area contributed by atoms with Crippen LogP contribution >= 0.6 is 0 Å². The topological polar surface area (TPSA) is 99.6 Å². The molecule has 34 heavy (non-hydrogen) atoms. The molecule has 0 saturated carbocycles. The van der Waals surface area contributed by atoms with Gasteiger partial charge in [0.05, 0.1) is 43.4 Å². The molecule has 0 atom stereocenters. The molecule has 1 aliphatic heterocycles. The van der Waals surface area contributed by atoms with Gasteiger partial charge in [0.2, 0.25) is 0 Å². The number of furan rings is 1. The molecule has 0 N–H and O–H groups in total. The third kappa shape index (κ3) is 4.20. The first kappa shape index (κ1) is 21.6. The molecule has 0 spiro atoms. The minimum absolute atomic E-state index is 0.173. The van der Waals surface area contributed by atoms with E-state index in [9.17, 15) is 14.4 Å². The molecule has 9 heteroatoms. The van der Waals surface area contributed by atoms with Gasteiger partial charge in [0, 0.05) is 36.6 Å². The van der Waals surface area contributed by atoms with Gasteiger partial charge in [-0.25, -0.2) is 4.68 Å². The second-order valence-electron chi connectivity index (χ2n) is 7.90. The van der Waals surface area contributed by atoms with Crippen LogP contribution in [0.4, 0.5) is 0 Å². The molecular formula is C25H22N4O5. The molecule has 1 aliphatic rings. The second kappa shape index (κ2) is 9.32. The highest BCUT2D eigenvalue weighted by Gasteiger charge is 2.27. The summed E-state index contributed by atoms with van der Waals surface area (Å²) in [6, 6.07) is 13.8. The van der Waals surface area contributed by atoms with E-state index >= 15 is 0 Å². The minimum atomic E-state index is -0.391. The molecule has 1 fully saturated rings. The Hall–Kier alpha value is -4.24. The maximum atomic E-state index is 13.4. The molecule has 3 aromatic heterocycles. The second-order valence-corrected chi connectivity index (χ2v) is 7.90. The van der Waals surface area contributed by atoms with Crippen molar-refractivity contribution in [3.05, 3.63) is 100 Å². The number of pyridine rings is 1. The molecule has 0 unspecified atom stereocenters. The number of hydrogen-bond donors (Lipinski definition) is 0. The third-order valence-corrected chi connectivity index (χ3v) is 5.68. The van der Waals surface area contributed by atoms with Gasteiger partial charge < -0.3 is 18.6 Å². The molecule has 1 saturated heterocycles. The number of ether oxygens (including phenoxy) is 1. The van der Waals surface area contributed by atoms with Gasteiger partial charge in [-0.15, -0.1) is 0 Å². The summed E-state index contributed by atoms with van der Waals surface area (Å²) >= 11 is 0. The van der Waals surface area contributed by atoms with Crippen molar-refractivity contribution in [3.63, 3.8) is 0 Å². The Morgan fingerprint density at radius 3 is 2.50 bits per heavy atom. The van der Waals surface area contributed by atoms with Crippen LogP contribution in [0.25, 0.3) is 11.3 Å². The fraction of sp³-hybridized carbons (Fsp3) is 0.200. The van der Waals surface area contributed by atoms with Crippen LogP contribution < -0.4 is 5.56 Å². The van der Waals surface area contributed by atoms with Crippen molar-refractivity contribution >= 4 is 11.8 Å². The summed E-state index contributed by atoms with van der Waals surface area (Å²) in [4.78, 5) is 41.5. The maximum Gasteiger partial charge on any atom is 0.278 e. The van der Waals surface area contributed by atoms with Crippen LogP contribution in [0.15, 0.2) is 82.7 Å². The molecule has 1 amide bonds. The zero-order chi connectivity index (χ0) is 23.5. The van der Waals surface area contributed by atoms with Crippen molar-refractivity contribution in [1.29, 1.82) is 0 Å². The number of benzene rings is 1. The summed E-state index contributed by atoms with van der Waals surface area (Å²) in [6.45, 7) is 2.02. The van der Waals surface area contributed by atoms with E-state index in [1.807, 2.05) is 6.07 Å². The largest absolute Gasteiger partial charge is 0.472 e. The average Bonchev–Trinajstić information content (AvgIpc) is 3.56. The third-order valence-electron chi connectivity index (χ3n) is 5.68. The summed E-state index contributed by atoms with van der Waals surface area (Å²) in [7, 11) is 0. The Bertz CT molecular complexity index is 1370. The Balaban J connectivity index is 1.59. The van der Waals surface area contributed by atoms with Crippen molar-refractivity contribution in [2.45, 2.75) is 6.54 Å². The van der Waals surface area contributed by atoms with Crippen LogP contribution in [0, 0.1) is 0 Å². The van der Waals surface area contributed by atoms with E-state index in [0.29, 0.717) is 38.4 Å². The van der Waals surface area contributed by atoms with Crippen molar-refractivity contribution in [2.75, 3.05) is 26.3 Å². The van der Waals surface area contributed by atoms with E-state index in [4.69, 9.17) is 9.15 Å². The average molecular weight is 458 g/mol. The van der Waals surface area contributed by atoms with Crippen molar-refractivity contribution in [3.8, 4) is 11.3 Å². The number of aromatic nitrogens is 3. The predicted octanol–water partition coefficient (Wildman–Crippen LogP) is 2.51. The standard InChI is InChI=1S/C25H22N4O5/c30-23(19-5-2-1-3-6-19)29-16-21(25(32)27-10-13-33-14-11-27)22(26-29)20-7-4-9-28(24(20)31)15-18-8-12-34-17-18/h1-9,12,16-17H,10-11,13-15H2. The number of carbonyl (C=O) groups excluding carboxylic acids is 2. The van der Waals surface area contributed by atoms with E-state index in [2.05, 4.69) is 5.10 Å². The Morgan fingerprint density at radius 1 is 0.971 bits per heavy atom. The number of amides is 1. The van der Waals surface area contributed by atoms with Crippen LogP contribution in [0.1, 0.15) is 26.3 Å². The maximum absolute atomic E-state index is 13.4. The SMILES string of the molecule is O=C(c1cn(C(=O)c2ccccc2)nc1-c1cccn(Cc2ccoc2)c1=O)N1CCOCC1. The van der Waals surface area contributed by atoms with Crippen LogP contribution in [0.5, 0.6) is 0 Å². The minimum Gasteiger partial charge on any atom is -0.472 e. The van der Waals surface area contributed by atoms with Gasteiger partial charge in [-0.2, -0.15) is 5.10 Å². The summed E-state index contributed by atoms with van der Waals surface area (Å²) in [5.41, 5.74) is 1.54. The van der Waals surface area contributed by atoms with Gasteiger partial charge >= 0.3 is 0 Å². The summed E-state index contributed by atoms with van der Waals surface area (Å²) < 4.78 is 13.1. The lowest BCUT2D eigenvalue weighted by Gasteiger charge is -2.26. The van der Waals surface area contributed by atoms with Gasteiger partial charge in [-0.1, -0.05) is 18.2 Å². The van der Waals surface area contributed by atoms with Crippen LogP contribution in [-0.4, -0.2) is 57.4 Å². The number of carbonyl (C=O) groups is 2. The number of rotatable bonds is 5. The molecule has 0 radical (unpaired) electrons. The zero-order valence-corrected chi connectivity index (χ0v) is 18.3. The summed E-state index contributed by atoms with van der Waals surface area (Å²) in [6.07, 6.45) is 6.18. The monoisotopic (exact) mass is 458 g/mol. The first-order valence-electron chi connectivity index (χ1n) is 10.9. The number of morpholine rings is 1. The van der Waals surface area contributed by atoms with Crippen molar-refractivity contribution in [1.82, 2.24) is 19.2 Å². The quantitative estimate of drug-likeness (QED) is 0.456. The lowest BCUT2D eigenvalue weighted by molar-refractivity contribution is 0.0303. The molecule has 1 aromatic carbocycles. The van der Waals surface area contributed by atoms with E-state index in [1.165, 1.54) is 10.8 Å². The summed E-state index contributed by atoms with van der Waals surface area (Å²) in [5, 5.41) is 4.43.